The van der Waals surface area contributed by atoms with Gasteiger partial charge in [-0.2, -0.15) is 0 Å². The van der Waals surface area contributed by atoms with Crippen molar-refractivity contribution >= 4 is 27.5 Å². The van der Waals surface area contributed by atoms with Crippen LogP contribution in [0, 0.1) is 5.82 Å². The smallest absolute Gasteiger partial charge is 0.137 e. The molecule has 0 N–H and O–H groups in total. The summed E-state index contributed by atoms with van der Waals surface area (Å²) in [7, 11) is 0. The fourth-order valence-corrected chi connectivity index (χ4v) is 2.99. The summed E-state index contributed by atoms with van der Waals surface area (Å²) in [5.74, 6) is -0.286. The summed E-state index contributed by atoms with van der Waals surface area (Å²) in [6.07, 6.45) is 2.19. The lowest BCUT2D eigenvalue weighted by Gasteiger charge is -2.13. The van der Waals surface area contributed by atoms with E-state index in [1.807, 2.05) is 18.2 Å². The third-order valence-electron chi connectivity index (χ3n) is 3.07. The lowest BCUT2D eigenvalue weighted by molar-refractivity contribution is 0.618. The van der Waals surface area contributed by atoms with Crippen LogP contribution in [-0.4, -0.2) is 0 Å². The minimum atomic E-state index is -0.347. The Bertz CT molecular complexity index is 551. The van der Waals surface area contributed by atoms with Crippen molar-refractivity contribution in [1.29, 1.82) is 0 Å². The van der Waals surface area contributed by atoms with Gasteiger partial charge in [-0.3, -0.25) is 0 Å². The number of halogens is 3. The molecular weight excluding hydrogens is 327 g/mol. The Morgan fingerprint density at radius 2 is 1.84 bits per heavy atom. The minimum absolute atomic E-state index is 0.286. The van der Waals surface area contributed by atoms with Crippen molar-refractivity contribution in [3.63, 3.8) is 0 Å². The highest BCUT2D eigenvalue weighted by atomic mass is 79.9. The quantitative estimate of drug-likeness (QED) is 0.610. The zero-order valence-electron chi connectivity index (χ0n) is 10.7. The summed E-state index contributed by atoms with van der Waals surface area (Å²) in [6, 6.07) is 13.1. The van der Waals surface area contributed by atoms with Crippen molar-refractivity contribution in [3.8, 4) is 0 Å². The first-order chi connectivity index (χ1) is 9.13. The van der Waals surface area contributed by atoms with Gasteiger partial charge >= 0.3 is 0 Å². The molecule has 0 aromatic heterocycles. The molecule has 0 nitrogen and oxygen atoms in total. The van der Waals surface area contributed by atoms with E-state index in [4.69, 9.17) is 11.6 Å². The van der Waals surface area contributed by atoms with Crippen LogP contribution in [0.2, 0.25) is 0 Å². The summed E-state index contributed by atoms with van der Waals surface area (Å²) in [5.41, 5.74) is 3.03. The number of hydrogen-bond donors (Lipinski definition) is 0. The third-order valence-corrected chi connectivity index (χ3v) is 4.39. The van der Waals surface area contributed by atoms with Crippen LogP contribution >= 0.6 is 27.5 Å². The molecule has 0 radical (unpaired) electrons. The molecule has 0 heterocycles. The first-order valence-electron chi connectivity index (χ1n) is 6.30. The molecule has 0 saturated heterocycles. The molecule has 2 aromatic carbocycles. The zero-order valence-corrected chi connectivity index (χ0v) is 13.0. The highest BCUT2D eigenvalue weighted by molar-refractivity contribution is 9.10. The van der Waals surface area contributed by atoms with Crippen LogP contribution in [0.15, 0.2) is 46.9 Å². The minimum Gasteiger partial charge on any atom is -0.206 e. The molecular formula is C16H15BrClF. The molecule has 100 valence electrons. The van der Waals surface area contributed by atoms with Crippen LogP contribution in [0.5, 0.6) is 0 Å². The Morgan fingerprint density at radius 1 is 1.16 bits per heavy atom. The molecule has 0 bridgehead atoms. The molecule has 2 rings (SSSR count). The molecule has 0 spiro atoms. The van der Waals surface area contributed by atoms with E-state index in [2.05, 4.69) is 35.0 Å². The van der Waals surface area contributed by atoms with Gasteiger partial charge in [-0.15, -0.1) is 11.6 Å². The third kappa shape index (κ3) is 3.37. The average molecular weight is 342 g/mol. The second kappa shape index (κ2) is 6.53. The van der Waals surface area contributed by atoms with E-state index in [0.717, 1.165) is 24.0 Å². The average Bonchev–Trinajstić information content (AvgIpc) is 2.42. The monoisotopic (exact) mass is 340 g/mol. The number of aryl methyl sites for hydroxylation is 1. The van der Waals surface area contributed by atoms with Crippen molar-refractivity contribution in [2.45, 2.75) is 25.1 Å². The maximum atomic E-state index is 13.5. The van der Waals surface area contributed by atoms with E-state index in [1.165, 1.54) is 11.6 Å². The molecule has 3 heteroatoms. The predicted molar refractivity (Wildman–Crippen MR) is 82.2 cm³/mol. The predicted octanol–water partition coefficient (Wildman–Crippen LogP) is 5.87. The van der Waals surface area contributed by atoms with Crippen LogP contribution in [0.3, 0.4) is 0 Å². The first kappa shape index (κ1) is 14.5. The van der Waals surface area contributed by atoms with Crippen molar-refractivity contribution in [1.82, 2.24) is 0 Å². The highest BCUT2D eigenvalue weighted by Gasteiger charge is 2.15. The highest BCUT2D eigenvalue weighted by Crippen LogP contribution is 2.35. The standard InChI is InChI=1S/C16H15BrClF/c1-2-4-11-7-9-12(10-8-11)16(18)13-5-3-6-14(19)15(13)17/h3,5-10,16H,2,4H2,1H3. The van der Waals surface area contributed by atoms with Crippen molar-refractivity contribution in [2.24, 2.45) is 0 Å². The number of rotatable bonds is 4. The van der Waals surface area contributed by atoms with Gasteiger partial charge in [-0.05, 0) is 45.1 Å². The molecule has 0 aliphatic carbocycles. The lowest BCUT2D eigenvalue weighted by Crippen LogP contribution is -1.96. The van der Waals surface area contributed by atoms with E-state index in [-0.39, 0.29) is 11.2 Å². The molecule has 0 aliphatic rings. The maximum absolute atomic E-state index is 13.5. The summed E-state index contributed by atoms with van der Waals surface area (Å²) < 4.78 is 14.0. The van der Waals surface area contributed by atoms with E-state index in [1.54, 1.807) is 6.07 Å². The molecule has 19 heavy (non-hydrogen) atoms. The summed E-state index contributed by atoms with van der Waals surface area (Å²) in [5, 5.41) is -0.347. The van der Waals surface area contributed by atoms with Crippen LogP contribution in [-0.2, 0) is 6.42 Å². The Labute approximate surface area is 126 Å². The van der Waals surface area contributed by atoms with E-state index < -0.39 is 0 Å². The maximum Gasteiger partial charge on any atom is 0.137 e. The second-order valence-corrected chi connectivity index (χ2v) is 5.73. The number of alkyl halides is 1. The largest absolute Gasteiger partial charge is 0.206 e. The molecule has 0 saturated carbocycles. The topological polar surface area (TPSA) is 0 Å². The molecule has 1 atom stereocenters. The fraction of sp³-hybridized carbons (Fsp3) is 0.250. The van der Waals surface area contributed by atoms with Crippen molar-refractivity contribution in [2.75, 3.05) is 0 Å². The number of hydrogen-bond acceptors (Lipinski definition) is 0. The van der Waals surface area contributed by atoms with Gasteiger partial charge < -0.3 is 0 Å². The van der Waals surface area contributed by atoms with Gasteiger partial charge in [0.1, 0.15) is 5.82 Å². The molecule has 1 unspecified atom stereocenters. The van der Waals surface area contributed by atoms with Gasteiger partial charge in [-0.25, -0.2) is 4.39 Å². The van der Waals surface area contributed by atoms with Gasteiger partial charge in [0.15, 0.2) is 0 Å². The summed E-state index contributed by atoms with van der Waals surface area (Å²) in [6.45, 7) is 2.15. The normalized spacial score (nSPS) is 12.4. The second-order valence-electron chi connectivity index (χ2n) is 4.50. The van der Waals surface area contributed by atoms with E-state index >= 15 is 0 Å². The van der Waals surface area contributed by atoms with Crippen LogP contribution < -0.4 is 0 Å². The Balaban J connectivity index is 2.28. The molecule has 0 amide bonds. The lowest BCUT2D eigenvalue weighted by atomic mass is 10.0. The zero-order chi connectivity index (χ0) is 13.8. The van der Waals surface area contributed by atoms with Gasteiger partial charge in [-0.1, -0.05) is 49.7 Å². The van der Waals surface area contributed by atoms with Crippen molar-refractivity contribution in [3.05, 3.63) is 69.4 Å². The first-order valence-corrected chi connectivity index (χ1v) is 7.53. The van der Waals surface area contributed by atoms with E-state index in [0.29, 0.717) is 4.47 Å². The molecule has 0 fully saturated rings. The summed E-state index contributed by atoms with van der Waals surface area (Å²) >= 11 is 9.70. The van der Waals surface area contributed by atoms with Gasteiger partial charge in [0.2, 0.25) is 0 Å². The molecule has 2 aromatic rings. The van der Waals surface area contributed by atoms with Crippen molar-refractivity contribution < 1.29 is 4.39 Å². The SMILES string of the molecule is CCCc1ccc(C(Cl)c2cccc(F)c2Br)cc1. The van der Waals surface area contributed by atoms with E-state index in [9.17, 15) is 4.39 Å². The fourth-order valence-electron chi connectivity index (χ4n) is 2.04. The Kier molecular flexibility index (Phi) is 5.00. The van der Waals surface area contributed by atoms with Crippen LogP contribution in [0.25, 0.3) is 0 Å². The van der Waals surface area contributed by atoms with Crippen LogP contribution in [0.4, 0.5) is 4.39 Å². The molecule has 0 aliphatic heterocycles. The Morgan fingerprint density at radius 3 is 2.47 bits per heavy atom. The summed E-state index contributed by atoms with van der Waals surface area (Å²) in [4.78, 5) is 0. The van der Waals surface area contributed by atoms with Gasteiger partial charge in [0.25, 0.3) is 0 Å². The van der Waals surface area contributed by atoms with Gasteiger partial charge in [0.05, 0.1) is 9.85 Å². The Hall–Kier alpha value is -0.860. The van der Waals surface area contributed by atoms with Crippen LogP contribution in [0.1, 0.15) is 35.4 Å². The van der Waals surface area contributed by atoms with Gasteiger partial charge in [0, 0.05) is 0 Å². The number of benzene rings is 2.